The zero-order valence-electron chi connectivity index (χ0n) is 20.0. The SMILES string of the molecule is CCCCCCOc1ccccc1N1CCN(CCCn2c(O)c3c(c2O)CC=CC3)CC1. The Kier molecular flexibility index (Phi) is 8.21. The molecule has 4 rings (SSSR count). The number of hydrogen-bond acceptors (Lipinski definition) is 5. The maximum Gasteiger partial charge on any atom is 0.197 e. The Morgan fingerprint density at radius 3 is 2.21 bits per heavy atom. The fraction of sp³-hybridized carbons (Fsp3) is 0.556. The lowest BCUT2D eigenvalue weighted by Gasteiger charge is -2.36. The summed E-state index contributed by atoms with van der Waals surface area (Å²) in [5, 5.41) is 21.0. The first-order valence-corrected chi connectivity index (χ1v) is 12.6. The van der Waals surface area contributed by atoms with Crippen LogP contribution in [-0.4, -0.2) is 59.0 Å². The van der Waals surface area contributed by atoms with Crippen molar-refractivity contribution in [1.29, 1.82) is 0 Å². The highest BCUT2D eigenvalue weighted by Crippen LogP contribution is 2.37. The van der Waals surface area contributed by atoms with E-state index in [2.05, 4.69) is 53.1 Å². The van der Waals surface area contributed by atoms with E-state index in [0.29, 0.717) is 19.4 Å². The summed E-state index contributed by atoms with van der Waals surface area (Å²) in [6.07, 6.45) is 11.3. The number of rotatable bonds is 11. The molecule has 0 saturated carbocycles. The Morgan fingerprint density at radius 1 is 0.818 bits per heavy atom. The molecule has 0 atom stereocenters. The van der Waals surface area contributed by atoms with Crippen molar-refractivity contribution in [2.24, 2.45) is 0 Å². The molecule has 6 nitrogen and oxygen atoms in total. The van der Waals surface area contributed by atoms with Crippen LogP contribution in [0, 0.1) is 0 Å². The van der Waals surface area contributed by atoms with Crippen LogP contribution < -0.4 is 9.64 Å². The molecule has 0 radical (unpaired) electrons. The molecule has 0 spiro atoms. The average Bonchev–Trinajstić information content (AvgIpc) is 3.10. The van der Waals surface area contributed by atoms with Gasteiger partial charge in [0.25, 0.3) is 0 Å². The van der Waals surface area contributed by atoms with Crippen molar-refractivity contribution in [3.05, 3.63) is 47.5 Å². The van der Waals surface area contributed by atoms with E-state index < -0.39 is 0 Å². The molecule has 33 heavy (non-hydrogen) atoms. The second-order valence-electron chi connectivity index (χ2n) is 9.19. The average molecular weight is 454 g/mol. The number of fused-ring (bicyclic) bond motifs is 1. The molecule has 2 aromatic rings. The summed E-state index contributed by atoms with van der Waals surface area (Å²) in [5.41, 5.74) is 2.97. The van der Waals surface area contributed by atoms with Gasteiger partial charge in [0.2, 0.25) is 0 Å². The number of anilines is 1. The van der Waals surface area contributed by atoms with E-state index in [0.717, 1.165) is 69.0 Å². The van der Waals surface area contributed by atoms with Crippen molar-refractivity contribution in [2.75, 3.05) is 44.2 Å². The summed E-state index contributed by atoms with van der Waals surface area (Å²) in [6, 6.07) is 8.41. The number of nitrogens with zero attached hydrogens (tertiary/aromatic N) is 3. The Hall–Kier alpha value is -2.60. The van der Waals surface area contributed by atoms with Crippen molar-refractivity contribution in [2.45, 2.75) is 58.4 Å². The van der Waals surface area contributed by atoms with E-state index in [1.165, 1.54) is 24.9 Å². The van der Waals surface area contributed by atoms with Crippen molar-refractivity contribution >= 4 is 5.69 Å². The number of allylic oxidation sites excluding steroid dienone is 2. The molecule has 1 aliphatic heterocycles. The highest BCUT2D eigenvalue weighted by Gasteiger charge is 2.23. The van der Waals surface area contributed by atoms with E-state index in [9.17, 15) is 10.2 Å². The third-order valence-electron chi connectivity index (χ3n) is 6.92. The van der Waals surface area contributed by atoms with Crippen molar-refractivity contribution in [3.63, 3.8) is 0 Å². The number of ether oxygens (including phenoxy) is 1. The Morgan fingerprint density at radius 2 is 1.52 bits per heavy atom. The zero-order valence-corrected chi connectivity index (χ0v) is 20.0. The first-order chi connectivity index (χ1) is 16.2. The molecule has 2 N–H and O–H groups in total. The summed E-state index contributed by atoms with van der Waals surface area (Å²) in [6.45, 7) is 8.60. The summed E-state index contributed by atoms with van der Waals surface area (Å²) < 4.78 is 7.81. The van der Waals surface area contributed by atoms with Crippen LogP contribution in [0.2, 0.25) is 0 Å². The van der Waals surface area contributed by atoms with E-state index in [4.69, 9.17) is 4.74 Å². The fourth-order valence-corrected chi connectivity index (χ4v) is 4.96. The maximum absolute atomic E-state index is 10.5. The Balaban J connectivity index is 1.24. The van der Waals surface area contributed by atoms with E-state index in [1.807, 2.05) is 0 Å². The molecule has 2 aliphatic rings. The third kappa shape index (κ3) is 5.67. The maximum atomic E-state index is 10.5. The van der Waals surface area contributed by atoms with Gasteiger partial charge in [-0.25, -0.2) is 0 Å². The molecule has 1 aliphatic carbocycles. The number of aromatic nitrogens is 1. The molecular formula is C27H39N3O3. The molecule has 2 heterocycles. The van der Waals surface area contributed by atoms with E-state index in [-0.39, 0.29) is 11.8 Å². The van der Waals surface area contributed by atoms with Crippen molar-refractivity contribution in [1.82, 2.24) is 9.47 Å². The molecule has 0 unspecified atom stereocenters. The summed E-state index contributed by atoms with van der Waals surface area (Å²) >= 11 is 0. The molecule has 180 valence electrons. The third-order valence-corrected chi connectivity index (χ3v) is 6.92. The topological polar surface area (TPSA) is 61.1 Å². The van der Waals surface area contributed by atoms with Crippen LogP contribution in [0.15, 0.2) is 36.4 Å². The quantitative estimate of drug-likeness (QED) is 0.381. The number of unbranched alkanes of at least 4 members (excludes halogenated alkanes) is 3. The predicted octanol–water partition coefficient (Wildman–Crippen LogP) is 4.73. The van der Waals surface area contributed by atoms with Gasteiger partial charge in [0.1, 0.15) is 5.75 Å². The summed E-state index contributed by atoms with van der Waals surface area (Å²) in [5.74, 6) is 1.48. The zero-order chi connectivity index (χ0) is 23.0. The lowest BCUT2D eigenvalue weighted by molar-refractivity contribution is 0.244. The molecule has 1 aromatic heterocycles. The molecular weight excluding hydrogens is 414 g/mol. The van der Waals surface area contributed by atoms with Crippen LogP contribution in [-0.2, 0) is 19.4 Å². The minimum Gasteiger partial charge on any atom is -0.494 e. The Labute approximate surface area is 198 Å². The first-order valence-electron chi connectivity index (χ1n) is 12.6. The number of piperazine rings is 1. The van der Waals surface area contributed by atoms with Gasteiger partial charge in [-0.1, -0.05) is 50.5 Å². The summed E-state index contributed by atoms with van der Waals surface area (Å²) in [4.78, 5) is 4.91. The van der Waals surface area contributed by atoms with Gasteiger partial charge in [0.05, 0.1) is 12.3 Å². The van der Waals surface area contributed by atoms with Gasteiger partial charge in [0.15, 0.2) is 11.8 Å². The smallest absolute Gasteiger partial charge is 0.197 e. The highest BCUT2D eigenvalue weighted by atomic mass is 16.5. The van der Waals surface area contributed by atoms with Gasteiger partial charge in [0, 0.05) is 43.9 Å². The fourth-order valence-electron chi connectivity index (χ4n) is 4.96. The predicted molar refractivity (Wildman–Crippen MR) is 134 cm³/mol. The molecule has 6 heteroatoms. The van der Waals surface area contributed by atoms with Crippen LogP contribution in [0.3, 0.4) is 0 Å². The number of aromatic hydroxyl groups is 2. The van der Waals surface area contributed by atoms with Crippen LogP contribution in [0.4, 0.5) is 5.69 Å². The molecule has 0 amide bonds. The second kappa shape index (κ2) is 11.5. The molecule has 1 saturated heterocycles. The van der Waals surface area contributed by atoms with Crippen molar-refractivity contribution in [3.8, 4) is 17.5 Å². The van der Waals surface area contributed by atoms with Crippen LogP contribution >= 0.6 is 0 Å². The van der Waals surface area contributed by atoms with Gasteiger partial charge in [-0.05, 0) is 44.4 Å². The van der Waals surface area contributed by atoms with Crippen LogP contribution in [0.5, 0.6) is 17.5 Å². The minimum absolute atomic E-state index is 0.239. The monoisotopic (exact) mass is 453 g/mol. The lowest BCUT2D eigenvalue weighted by Crippen LogP contribution is -2.46. The summed E-state index contributed by atoms with van der Waals surface area (Å²) in [7, 11) is 0. The van der Waals surface area contributed by atoms with Crippen LogP contribution in [0.1, 0.15) is 50.2 Å². The number of hydrogen-bond donors (Lipinski definition) is 2. The van der Waals surface area contributed by atoms with Crippen LogP contribution in [0.25, 0.3) is 0 Å². The molecule has 1 fully saturated rings. The van der Waals surface area contributed by atoms with Gasteiger partial charge in [-0.3, -0.25) is 9.47 Å². The first kappa shape index (κ1) is 23.6. The largest absolute Gasteiger partial charge is 0.494 e. The second-order valence-corrected chi connectivity index (χ2v) is 9.19. The van der Waals surface area contributed by atoms with Crippen molar-refractivity contribution < 1.29 is 14.9 Å². The van der Waals surface area contributed by atoms with E-state index in [1.54, 1.807) is 4.57 Å². The lowest BCUT2D eigenvalue weighted by atomic mass is 10.0. The highest BCUT2D eigenvalue weighted by molar-refractivity contribution is 5.58. The van der Waals surface area contributed by atoms with Gasteiger partial charge in [-0.2, -0.15) is 0 Å². The minimum atomic E-state index is 0.239. The van der Waals surface area contributed by atoms with E-state index >= 15 is 0 Å². The number of benzene rings is 1. The van der Waals surface area contributed by atoms with Gasteiger partial charge < -0.3 is 19.8 Å². The molecule has 1 aromatic carbocycles. The van der Waals surface area contributed by atoms with Gasteiger partial charge in [-0.15, -0.1) is 0 Å². The Bertz CT molecular complexity index is 897. The standard InChI is InChI=1S/C27H39N3O3/c1-2-3-4-9-21-33-25-14-8-7-13-24(25)29-19-17-28(18-20-29)15-10-16-30-26(31)22-11-5-6-12-23(22)27(30)32/h5-8,13-14,31-32H,2-4,9-12,15-21H2,1H3. The number of para-hydroxylation sites is 2. The van der Waals surface area contributed by atoms with Gasteiger partial charge >= 0.3 is 0 Å². The normalized spacial score (nSPS) is 16.2. The molecule has 0 bridgehead atoms.